The lowest BCUT2D eigenvalue weighted by molar-refractivity contribution is -0.121. The standard InChI is InChI=1S/C22H21N3O5/c1-2-10-24-17-12-14(7-8-18(17)30-13-20(24)27)23-19(26)9-11-25-21(28)15-5-3-4-6-16(15)22(25)29/h3-8,12H,2,9-11,13H2,1H3,(H,23,26). The maximum atomic E-state index is 12.4. The molecule has 0 aromatic heterocycles. The van der Waals surface area contributed by atoms with Gasteiger partial charge in [-0.15, -0.1) is 0 Å². The van der Waals surface area contributed by atoms with Crippen LogP contribution in [0.1, 0.15) is 40.5 Å². The maximum Gasteiger partial charge on any atom is 0.265 e. The fourth-order valence-corrected chi connectivity index (χ4v) is 3.63. The van der Waals surface area contributed by atoms with E-state index in [1.54, 1.807) is 47.4 Å². The van der Waals surface area contributed by atoms with Crippen LogP contribution in [0, 0.1) is 0 Å². The molecule has 2 aromatic rings. The molecular formula is C22H21N3O5. The molecular weight excluding hydrogens is 386 g/mol. The number of hydrogen-bond acceptors (Lipinski definition) is 5. The number of benzene rings is 2. The Hall–Kier alpha value is -3.68. The molecule has 30 heavy (non-hydrogen) atoms. The van der Waals surface area contributed by atoms with Crippen molar-refractivity contribution in [1.82, 2.24) is 4.90 Å². The van der Waals surface area contributed by atoms with E-state index in [1.165, 1.54) is 0 Å². The number of carbonyl (C=O) groups excluding carboxylic acids is 4. The van der Waals surface area contributed by atoms with Gasteiger partial charge in [-0.2, -0.15) is 0 Å². The van der Waals surface area contributed by atoms with Gasteiger partial charge in [-0.1, -0.05) is 19.1 Å². The second-order valence-electron chi connectivity index (χ2n) is 7.12. The van der Waals surface area contributed by atoms with Gasteiger partial charge in [0.15, 0.2) is 6.61 Å². The third kappa shape index (κ3) is 3.52. The Labute approximate surface area is 173 Å². The molecule has 1 N–H and O–H groups in total. The average molecular weight is 407 g/mol. The predicted octanol–water partition coefficient (Wildman–Crippen LogP) is 2.45. The number of hydrogen-bond donors (Lipinski definition) is 1. The molecule has 2 aromatic carbocycles. The third-order valence-corrected chi connectivity index (χ3v) is 5.07. The summed E-state index contributed by atoms with van der Waals surface area (Å²) < 4.78 is 5.46. The Kier molecular flexibility index (Phi) is 5.22. The molecule has 4 rings (SSSR count). The molecule has 0 atom stereocenters. The molecule has 154 valence electrons. The van der Waals surface area contributed by atoms with Crippen LogP contribution in [-0.4, -0.2) is 48.2 Å². The zero-order chi connectivity index (χ0) is 21.3. The molecule has 0 spiro atoms. The second-order valence-corrected chi connectivity index (χ2v) is 7.12. The maximum absolute atomic E-state index is 12.4. The Morgan fingerprint density at radius 3 is 2.37 bits per heavy atom. The van der Waals surface area contributed by atoms with Crippen LogP contribution in [0.3, 0.4) is 0 Å². The number of amides is 4. The number of nitrogens with one attached hydrogen (secondary N) is 1. The summed E-state index contributed by atoms with van der Waals surface area (Å²) in [6.07, 6.45) is 0.763. The molecule has 0 saturated carbocycles. The molecule has 0 aliphatic carbocycles. The van der Waals surface area contributed by atoms with Gasteiger partial charge in [0.25, 0.3) is 17.7 Å². The van der Waals surface area contributed by atoms with Crippen molar-refractivity contribution in [2.45, 2.75) is 19.8 Å². The fraction of sp³-hybridized carbons (Fsp3) is 0.273. The SMILES string of the molecule is CCCN1C(=O)COc2ccc(NC(=O)CCN3C(=O)c4ccccc4C3=O)cc21. The summed E-state index contributed by atoms with van der Waals surface area (Å²) in [5.74, 6) is -0.645. The van der Waals surface area contributed by atoms with Crippen LogP contribution in [0.15, 0.2) is 42.5 Å². The van der Waals surface area contributed by atoms with Crippen molar-refractivity contribution in [3.63, 3.8) is 0 Å². The van der Waals surface area contributed by atoms with E-state index in [9.17, 15) is 19.2 Å². The number of rotatable bonds is 6. The first-order valence-electron chi connectivity index (χ1n) is 9.82. The van der Waals surface area contributed by atoms with Gasteiger partial charge in [0, 0.05) is 25.2 Å². The Bertz CT molecular complexity index is 1010. The summed E-state index contributed by atoms with van der Waals surface area (Å²) in [4.78, 5) is 52.1. The van der Waals surface area contributed by atoms with E-state index in [2.05, 4.69) is 5.32 Å². The van der Waals surface area contributed by atoms with Gasteiger partial charge >= 0.3 is 0 Å². The van der Waals surface area contributed by atoms with E-state index in [-0.39, 0.29) is 43.2 Å². The van der Waals surface area contributed by atoms with E-state index < -0.39 is 0 Å². The molecule has 0 saturated heterocycles. The molecule has 0 radical (unpaired) electrons. The molecule has 0 unspecified atom stereocenters. The molecule has 2 aliphatic heterocycles. The van der Waals surface area contributed by atoms with Crippen molar-refractivity contribution in [2.24, 2.45) is 0 Å². The quantitative estimate of drug-likeness (QED) is 0.742. The number of carbonyl (C=O) groups is 4. The summed E-state index contributed by atoms with van der Waals surface area (Å²) in [5.41, 5.74) is 1.85. The Morgan fingerprint density at radius 2 is 1.70 bits per heavy atom. The highest BCUT2D eigenvalue weighted by molar-refractivity contribution is 6.21. The van der Waals surface area contributed by atoms with Crippen LogP contribution in [0.4, 0.5) is 11.4 Å². The van der Waals surface area contributed by atoms with Crippen LogP contribution in [-0.2, 0) is 9.59 Å². The molecule has 8 nitrogen and oxygen atoms in total. The lowest BCUT2D eigenvalue weighted by Gasteiger charge is -2.29. The van der Waals surface area contributed by atoms with Gasteiger partial charge in [0.1, 0.15) is 5.75 Å². The van der Waals surface area contributed by atoms with Gasteiger partial charge in [-0.3, -0.25) is 24.1 Å². The number of nitrogens with zero attached hydrogens (tertiary/aromatic N) is 2. The fourth-order valence-electron chi connectivity index (χ4n) is 3.63. The number of ether oxygens (including phenoxy) is 1. The lowest BCUT2D eigenvalue weighted by atomic mass is 10.1. The van der Waals surface area contributed by atoms with E-state index in [0.29, 0.717) is 34.8 Å². The molecule has 8 heteroatoms. The second kappa shape index (κ2) is 7.98. The first-order chi connectivity index (χ1) is 14.5. The van der Waals surface area contributed by atoms with Crippen LogP contribution in [0.2, 0.25) is 0 Å². The van der Waals surface area contributed by atoms with Crippen LogP contribution in [0.5, 0.6) is 5.75 Å². The highest BCUT2D eigenvalue weighted by Gasteiger charge is 2.35. The minimum atomic E-state index is -0.386. The highest BCUT2D eigenvalue weighted by atomic mass is 16.5. The van der Waals surface area contributed by atoms with Gasteiger partial charge < -0.3 is 15.0 Å². The molecule has 2 aliphatic rings. The van der Waals surface area contributed by atoms with Crippen molar-refractivity contribution >= 4 is 35.0 Å². The molecule has 2 heterocycles. The van der Waals surface area contributed by atoms with Gasteiger partial charge in [0.05, 0.1) is 16.8 Å². The summed E-state index contributed by atoms with van der Waals surface area (Å²) >= 11 is 0. The largest absolute Gasteiger partial charge is 0.482 e. The smallest absolute Gasteiger partial charge is 0.265 e. The molecule has 4 amide bonds. The predicted molar refractivity (Wildman–Crippen MR) is 110 cm³/mol. The van der Waals surface area contributed by atoms with Crippen LogP contribution >= 0.6 is 0 Å². The summed E-state index contributed by atoms with van der Waals surface area (Å²) in [6.45, 7) is 2.53. The summed E-state index contributed by atoms with van der Waals surface area (Å²) in [5, 5.41) is 2.76. The van der Waals surface area contributed by atoms with Gasteiger partial charge in [-0.25, -0.2) is 0 Å². The van der Waals surface area contributed by atoms with E-state index >= 15 is 0 Å². The highest BCUT2D eigenvalue weighted by Crippen LogP contribution is 2.34. The number of anilines is 2. The van der Waals surface area contributed by atoms with Crippen molar-refractivity contribution in [2.75, 3.05) is 29.9 Å². The first kappa shape index (κ1) is 19.6. The summed E-state index contributed by atoms with van der Waals surface area (Å²) in [6, 6.07) is 11.7. The average Bonchev–Trinajstić information content (AvgIpc) is 2.99. The van der Waals surface area contributed by atoms with Crippen molar-refractivity contribution in [3.8, 4) is 5.75 Å². The topological polar surface area (TPSA) is 96.0 Å². The van der Waals surface area contributed by atoms with Crippen molar-refractivity contribution < 1.29 is 23.9 Å². The van der Waals surface area contributed by atoms with E-state index in [4.69, 9.17) is 4.74 Å². The van der Waals surface area contributed by atoms with E-state index in [0.717, 1.165) is 11.3 Å². The minimum absolute atomic E-state index is 0.00101. The third-order valence-electron chi connectivity index (χ3n) is 5.07. The van der Waals surface area contributed by atoms with Gasteiger partial charge in [0.2, 0.25) is 5.91 Å². The van der Waals surface area contributed by atoms with Crippen molar-refractivity contribution in [1.29, 1.82) is 0 Å². The Balaban J connectivity index is 1.41. The Morgan fingerprint density at radius 1 is 1.00 bits per heavy atom. The minimum Gasteiger partial charge on any atom is -0.482 e. The molecule has 0 fully saturated rings. The molecule has 0 bridgehead atoms. The monoisotopic (exact) mass is 407 g/mol. The van der Waals surface area contributed by atoms with Gasteiger partial charge in [-0.05, 0) is 36.8 Å². The van der Waals surface area contributed by atoms with Crippen LogP contribution in [0.25, 0.3) is 0 Å². The zero-order valence-electron chi connectivity index (χ0n) is 16.5. The van der Waals surface area contributed by atoms with Crippen LogP contribution < -0.4 is 15.0 Å². The number of fused-ring (bicyclic) bond motifs is 2. The zero-order valence-corrected chi connectivity index (χ0v) is 16.5. The summed E-state index contributed by atoms with van der Waals surface area (Å²) in [7, 11) is 0. The van der Waals surface area contributed by atoms with Crippen molar-refractivity contribution in [3.05, 3.63) is 53.6 Å². The number of imide groups is 1. The van der Waals surface area contributed by atoms with E-state index in [1.807, 2.05) is 6.92 Å². The normalized spacial score (nSPS) is 15.0. The lowest BCUT2D eigenvalue weighted by Crippen LogP contribution is -2.39. The first-order valence-corrected chi connectivity index (χ1v) is 9.82.